The number of likely N-dealkylation sites (tertiary alicyclic amines) is 1. The maximum atomic E-state index is 12.6. The van der Waals surface area contributed by atoms with Crippen LogP contribution in [0.15, 0.2) is 41.3 Å². The van der Waals surface area contributed by atoms with Gasteiger partial charge in [-0.05, 0) is 45.0 Å². The zero-order valence-corrected chi connectivity index (χ0v) is 18.8. The molecule has 3 N–H and O–H groups in total. The number of hydrogen-bond acceptors (Lipinski definition) is 6. The molecule has 2 heterocycles. The summed E-state index contributed by atoms with van der Waals surface area (Å²) < 4.78 is 33.6. The second-order valence-electron chi connectivity index (χ2n) is 8.20. The predicted octanol–water partition coefficient (Wildman–Crippen LogP) is 0.950. The van der Waals surface area contributed by atoms with Crippen LogP contribution in [0, 0.1) is 6.92 Å². The Bertz CT molecular complexity index is 850. The van der Waals surface area contributed by atoms with Gasteiger partial charge in [-0.15, -0.1) is 0 Å². The van der Waals surface area contributed by atoms with Crippen molar-refractivity contribution < 1.29 is 23.1 Å². The molecule has 0 aliphatic carbocycles. The highest BCUT2D eigenvalue weighted by atomic mass is 32.2. The molecular weight excluding hydrogens is 418 g/mol. The van der Waals surface area contributed by atoms with Crippen LogP contribution in [0.4, 0.5) is 0 Å². The number of ether oxygens (including phenoxy) is 1. The van der Waals surface area contributed by atoms with Crippen molar-refractivity contribution in [3.63, 3.8) is 0 Å². The molecule has 1 aromatic rings. The Labute approximate surface area is 184 Å². The zero-order chi connectivity index (χ0) is 22.3. The van der Waals surface area contributed by atoms with Crippen molar-refractivity contribution >= 4 is 15.9 Å². The van der Waals surface area contributed by atoms with Crippen molar-refractivity contribution in [1.82, 2.24) is 14.9 Å². The highest BCUT2D eigenvalue weighted by molar-refractivity contribution is 7.89. The normalized spacial score (nSPS) is 24.8. The van der Waals surface area contributed by atoms with E-state index in [2.05, 4.69) is 14.9 Å². The third kappa shape index (κ3) is 7.11. The maximum Gasteiger partial charge on any atom is 0.241 e. The zero-order valence-electron chi connectivity index (χ0n) is 18.0. The minimum absolute atomic E-state index is 0.123. The minimum atomic E-state index is -3.76. The summed E-state index contributed by atoms with van der Waals surface area (Å²) in [5.41, 5.74) is 0.963. The van der Waals surface area contributed by atoms with Gasteiger partial charge in [0.15, 0.2) is 0 Å². The number of nitrogens with one attached hydrogen (secondary N) is 2. The van der Waals surface area contributed by atoms with Gasteiger partial charge < -0.3 is 20.1 Å². The number of carbonyl (C=O) groups is 1. The number of benzene rings is 1. The average molecular weight is 452 g/mol. The highest BCUT2D eigenvalue weighted by Gasteiger charge is 2.31. The van der Waals surface area contributed by atoms with Gasteiger partial charge in [-0.25, -0.2) is 13.1 Å². The highest BCUT2D eigenvalue weighted by Crippen LogP contribution is 2.18. The van der Waals surface area contributed by atoms with Crippen molar-refractivity contribution in [2.45, 2.75) is 55.8 Å². The fourth-order valence-corrected chi connectivity index (χ4v) is 5.09. The molecule has 31 heavy (non-hydrogen) atoms. The van der Waals surface area contributed by atoms with E-state index >= 15 is 0 Å². The van der Waals surface area contributed by atoms with Gasteiger partial charge in [0.25, 0.3) is 0 Å². The molecule has 1 fully saturated rings. The number of sulfonamides is 1. The van der Waals surface area contributed by atoms with Gasteiger partial charge in [0.2, 0.25) is 15.9 Å². The molecule has 172 valence electrons. The van der Waals surface area contributed by atoms with Crippen LogP contribution >= 0.6 is 0 Å². The van der Waals surface area contributed by atoms with E-state index in [-0.39, 0.29) is 23.8 Å². The van der Waals surface area contributed by atoms with Crippen molar-refractivity contribution in [2.24, 2.45) is 0 Å². The first kappa shape index (κ1) is 23.9. The fraction of sp³-hybridized carbons (Fsp3) is 0.591. The summed E-state index contributed by atoms with van der Waals surface area (Å²) >= 11 is 0. The number of piperidine rings is 1. The predicted molar refractivity (Wildman–Crippen MR) is 118 cm³/mol. The van der Waals surface area contributed by atoms with Crippen molar-refractivity contribution in [1.29, 1.82) is 0 Å². The lowest BCUT2D eigenvalue weighted by atomic mass is 10.1. The number of carbonyl (C=O) groups excluding carboxylic acids is 1. The number of nitrogens with zero attached hydrogens (tertiary/aromatic N) is 1. The Balaban J connectivity index is 1.50. The van der Waals surface area contributed by atoms with Crippen molar-refractivity contribution in [2.75, 3.05) is 32.8 Å². The summed E-state index contributed by atoms with van der Waals surface area (Å²) in [6.45, 7) is 5.13. The van der Waals surface area contributed by atoms with Gasteiger partial charge in [-0.2, -0.15) is 0 Å². The summed E-state index contributed by atoms with van der Waals surface area (Å²) in [5.74, 6) is -0.123. The number of aryl methyl sites for hydroxylation is 1. The Morgan fingerprint density at radius 1 is 1.16 bits per heavy atom. The quantitative estimate of drug-likeness (QED) is 0.483. The van der Waals surface area contributed by atoms with Crippen molar-refractivity contribution in [3.8, 4) is 0 Å². The fourth-order valence-electron chi connectivity index (χ4n) is 3.87. The van der Waals surface area contributed by atoms with Crippen LogP contribution < -0.4 is 10.0 Å². The van der Waals surface area contributed by atoms with E-state index in [9.17, 15) is 18.3 Å². The van der Waals surface area contributed by atoms with Crippen LogP contribution in [0.3, 0.4) is 0 Å². The Hall–Kier alpha value is -1.78. The monoisotopic (exact) mass is 451 g/mol. The first-order chi connectivity index (χ1) is 14.9. The van der Waals surface area contributed by atoms with E-state index in [1.807, 2.05) is 6.92 Å². The number of aliphatic hydroxyl groups is 1. The van der Waals surface area contributed by atoms with Gasteiger partial charge in [-0.3, -0.25) is 4.79 Å². The van der Waals surface area contributed by atoms with E-state index in [4.69, 9.17) is 4.74 Å². The SMILES string of the molecule is Cc1ccc(S(=O)(=O)N[C@@H]2C=C[C@H](CC(=O)NCCN3CCCCC3)O[C@@H]2CO)cc1. The molecule has 2 aliphatic heterocycles. The van der Waals surface area contributed by atoms with E-state index < -0.39 is 28.3 Å². The van der Waals surface area contributed by atoms with Crippen LogP contribution in [0.2, 0.25) is 0 Å². The van der Waals surface area contributed by atoms with Gasteiger partial charge in [0.05, 0.1) is 30.1 Å². The number of aliphatic hydroxyl groups excluding tert-OH is 1. The third-order valence-electron chi connectivity index (χ3n) is 5.67. The molecule has 3 rings (SSSR count). The lowest BCUT2D eigenvalue weighted by Crippen LogP contribution is -2.49. The number of rotatable bonds is 9. The first-order valence-corrected chi connectivity index (χ1v) is 12.4. The lowest BCUT2D eigenvalue weighted by molar-refractivity contribution is -0.125. The van der Waals surface area contributed by atoms with Crippen LogP contribution in [0.5, 0.6) is 0 Å². The van der Waals surface area contributed by atoms with Crippen LogP contribution in [-0.4, -0.2) is 75.4 Å². The molecule has 2 aliphatic rings. The van der Waals surface area contributed by atoms with E-state index in [0.29, 0.717) is 6.54 Å². The molecule has 3 atom stereocenters. The summed E-state index contributed by atoms with van der Waals surface area (Å²) in [4.78, 5) is 14.8. The molecule has 1 amide bonds. The molecule has 0 aromatic heterocycles. The molecule has 0 saturated carbocycles. The van der Waals surface area contributed by atoms with Crippen LogP contribution in [-0.2, 0) is 19.6 Å². The summed E-state index contributed by atoms with van der Waals surface area (Å²) in [7, 11) is -3.76. The van der Waals surface area contributed by atoms with Gasteiger partial charge >= 0.3 is 0 Å². The molecule has 1 aromatic carbocycles. The molecule has 0 unspecified atom stereocenters. The van der Waals surface area contributed by atoms with E-state index in [1.54, 1.807) is 24.3 Å². The van der Waals surface area contributed by atoms with Crippen LogP contribution in [0.25, 0.3) is 0 Å². The molecular formula is C22H33N3O5S. The van der Waals surface area contributed by atoms with Gasteiger partial charge in [-0.1, -0.05) is 36.3 Å². The molecule has 1 saturated heterocycles. The van der Waals surface area contributed by atoms with Crippen LogP contribution in [0.1, 0.15) is 31.2 Å². The Morgan fingerprint density at radius 2 is 1.87 bits per heavy atom. The molecule has 0 radical (unpaired) electrons. The smallest absolute Gasteiger partial charge is 0.241 e. The topological polar surface area (TPSA) is 108 Å². The van der Waals surface area contributed by atoms with E-state index in [1.165, 1.54) is 31.4 Å². The van der Waals surface area contributed by atoms with Gasteiger partial charge in [0.1, 0.15) is 6.10 Å². The number of hydrogen-bond donors (Lipinski definition) is 3. The number of amides is 1. The average Bonchev–Trinajstić information content (AvgIpc) is 2.75. The van der Waals surface area contributed by atoms with E-state index in [0.717, 1.165) is 25.2 Å². The molecule has 0 bridgehead atoms. The second kappa shape index (κ2) is 11.2. The largest absolute Gasteiger partial charge is 0.394 e. The second-order valence-corrected chi connectivity index (χ2v) is 9.91. The maximum absolute atomic E-state index is 12.6. The Kier molecular flexibility index (Phi) is 8.62. The van der Waals surface area contributed by atoms with Crippen molar-refractivity contribution in [3.05, 3.63) is 42.0 Å². The van der Waals surface area contributed by atoms with Gasteiger partial charge in [0, 0.05) is 13.1 Å². The summed E-state index contributed by atoms with van der Waals surface area (Å²) in [5, 5.41) is 12.6. The third-order valence-corrected chi connectivity index (χ3v) is 7.15. The summed E-state index contributed by atoms with van der Waals surface area (Å²) in [6, 6.07) is 5.82. The Morgan fingerprint density at radius 3 is 2.55 bits per heavy atom. The molecule has 0 spiro atoms. The molecule has 8 nitrogen and oxygen atoms in total. The standard InChI is InChI=1S/C22H33N3O5S/c1-17-5-8-19(9-6-17)31(28,29)24-20-10-7-18(30-21(20)16-26)15-22(27)23-11-14-25-12-3-2-4-13-25/h5-10,18,20-21,24,26H,2-4,11-16H2,1H3,(H,23,27)/t18-,20-,21-/m1/s1. The first-order valence-electron chi connectivity index (χ1n) is 10.9. The minimum Gasteiger partial charge on any atom is -0.394 e. The molecule has 9 heteroatoms. The summed E-state index contributed by atoms with van der Waals surface area (Å²) in [6.07, 6.45) is 5.90. The lowest BCUT2D eigenvalue weighted by Gasteiger charge is -2.31.